The van der Waals surface area contributed by atoms with Gasteiger partial charge in [0.1, 0.15) is 0 Å². The largest absolute Gasteiger partial charge is 0.338 e. The summed E-state index contributed by atoms with van der Waals surface area (Å²) in [6.45, 7) is 5.49. The van der Waals surface area contributed by atoms with Crippen LogP contribution in [0.3, 0.4) is 0 Å². The Morgan fingerprint density at radius 2 is 1.94 bits per heavy atom. The summed E-state index contributed by atoms with van der Waals surface area (Å²) in [7, 11) is 0. The van der Waals surface area contributed by atoms with Gasteiger partial charge >= 0.3 is 0 Å². The molecule has 1 saturated heterocycles. The summed E-state index contributed by atoms with van der Waals surface area (Å²) in [5, 5.41) is 3.54. The van der Waals surface area contributed by atoms with Gasteiger partial charge in [-0.15, -0.1) is 0 Å². The van der Waals surface area contributed by atoms with Crippen LogP contribution < -0.4 is 4.90 Å². The first-order valence-electron chi connectivity index (χ1n) is 6.15. The van der Waals surface area contributed by atoms with E-state index < -0.39 is 0 Å². The Morgan fingerprint density at radius 1 is 1.22 bits per heavy atom. The highest BCUT2D eigenvalue weighted by atomic mass is 15.3. The molecule has 0 aliphatic carbocycles. The number of aromatic nitrogens is 2. The lowest BCUT2D eigenvalue weighted by Crippen LogP contribution is -2.47. The highest BCUT2D eigenvalue weighted by Gasteiger charge is 2.17. The first-order chi connectivity index (χ1) is 8.90. The zero-order valence-electron chi connectivity index (χ0n) is 10.3. The van der Waals surface area contributed by atoms with Crippen LogP contribution in [0.4, 0.5) is 5.95 Å². The molecule has 1 aromatic heterocycles. The Morgan fingerprint density at radius 3 is 2.61 bits per heavy atom. The van der Waals surface area contributed by atoms with Crippen molar-refractivity contribution in [2.45, 2.75) is 6.42 Å². The first-order valence-corrected chi connectivity index (χ1v) is 6.15. The molecule has 0 saturated carbocycles. The van der Waals surface area contributed by atoms with Crippen molar-refractivity contribution in [3.8, 4) is 0 Å². The van der Waals surface area contributed by atoms with Crippen molar-refractivity contribution in [3.05, 3.63) is 28.9 Å². The molecule has 0 amide bonds. The van der Waals surface area contributed by atoms with E-state index in [4.69, 9.17) is 5.53 Å². The third kappa shape index (κ3) is 3.58. The molecule has 0 atom stereocenters. The van der Waals surface area contributed by atoms with Crippen LogP contribution in [0.25, 0.3) is 10.4 Å². The average molecular weight is 247 g/mol. The SMILES string of the molecule is [N-]=[N+]=NCCCN1CCN(c2ncccn2)CC1. The summed E-state index contributed by atoms with van der Waals surface area (Å²) in [5.74, 6) is 0.811. The van der Waals surface area contributed by atoms with Crippen molar-refractivity contribution in [1.29, 1.82) is 0 Å². The van der Waals surface area contributed by atoms with Gasteiger partial charge in [-0.05, 0) is 24.6 Å². The van der Waals surface area contributed by atoms with E-state index in [9.17, 15) is 0 Å². The maximum atomic E-state index is 8.19. The van der Waals surface area contributed by atoms with Crippen molar-refractivity contribution in [3.63, 3.8) is 0 Å². The second-order valence-electron chi connectivity index (χ2n) is 4.19. The minimum atomic E-state index is 0.582. The fraction of sp³-hybridized carbons (Fsp3) is 0.636. The molecule has 2 rings (SSSR count). The van der Waals surface area contributed by atoms with Gasteiger partial charge in [-0.2, -0.15) is 0 Å². The molecule has 18 heavy (non-hydrogen) atoms. The predicted molar refractivity (Wildman–Crippen MR) is 69.3 cm³/mol. The number of hydrogen-bond acceptors (Lipinski definition) is 5. The van der Waals surface area contributed by atoms with Crippen LogP contribution >= 0.6 is 0 Å². The first kappa shape index (κ1) is 12.6. The van der Waals surface area contributed by atoms with Gasteiger partial charge in [0.15, 0.2) is 0 Å². The van der Waals surface area contributed by atoms with Gasteiger partial charge in [0.05, 0.1) is 0 Å². The lowest BCUT2D eigenvalue weighted by Gasteiger charge is -2.34. The number of nitrogens with zero attached hydrogens (tertiary/aromatic N) is 7. The van der Waals surface area contributed by atoms with Gasteiger partial charge in [-0.3, -0.25) is 4.90 Å². The van der Waals surface area contributed by atoms with E-state index >= 15 is 0 Å². The smallest absolute Gasteiger partial charge is 0.225 e. The van der Waals surface area contributed by atoms with Crippen molar-refractivity contribution in [1.82, 2.24) is 14.9 Å². The van der Waals surface area contributed by atoms with E-state index in [0.717, 1.165) is 45.1 Å². The quantitative estimate of drug-likeness (QED) is 0.340. The Hall–Kier alpha value is -1.85. The van der Waals surface area contributed by atoms with E-state index in [0.29, 0.717) is 6.54 Å². The fourth-order valence-electron chi connectivity index (χ4n) is 2.04. The summed E-state index contributed by atoms with van der Waals surface area (Å²) >= 11 is 0. The molecule has 0 spiro atoms. The minimum Gasteiger partial charge on any atom is -0.338 e. The number of piperazine rings is 1. The molecule has 1 aliphatic heterocycles. The van der Waals surface area contributed by atoms with Gasteiger partial charge in [0.2, 0.25) is 5.95 Å². The normalized spacial score (nSPS) is 16.3. The molecular formula is C11H17N7. The molecule has 0 aromatic carbocycles. The molecule has 0 unspecified atom stereocenters. The molecule has 7 heteroatoms. The van der Waals surface area contributed by atoms with Crippen LogP contribution in [0.2, 0.25) is 0 Å². The Balaban J connectivity index is 1.73. The molecule has 0 bridgehead atoms. The van der Waals surface area contributed by atoms with E-state index in [1.54, 1.807) is 12.4 Å². The van der Waals surface area contributed by atoms with Crippen LogP contribution in [0.5, 0.6) is 0 Å². The average Bonchev–Trinajstić information content (AvgIpc) is 2.45. The predicted octanol–water partition coefficient (Wildman–Crippen LogP) is 1.30. The summed E-state index contributed by atoms with van der Waals surface area (Å²) < 4.78 is 0. The van der Waals surface area contributed by atoms with E-state index in [-0.39, 0.29) is 0 Å². The Kier molecular flexibility index (Phi) is 4.75. The summed E-state index contributed by atoms with van der Waals surface area (Å²) in [6, 6.07) is 1.83. The van der Waals surface area contributed by atoms with Crippen molar-refractivity contribution in [2.24, 2.45) is 5.11 Å². The zero-order chi connectivity index (χ0) is 12.6. The van der Waals surface area contributed by atoms with Crippen molar-refractivity contribution in [2.75, 3.05) is 44.2 Å². The van der Waals surface area contributed by atoms with Gasteiger partial charge < -0.3 is 4.90 Å². The Bertz CT molecular complexity index is 393. The minimum absolute atomic E-state index is 0.582. The number of rotatable bonds is 5. The molecule has 96 valence electrons. The van der Waals surface area contributed by atoms with Crippen LogP contribution in [-0.2, 0) is 0 Å². The molecular weight excluding hydrogens is 230 g/mol. The second-order valence-corrected chi connectivity index (χ2v) is 4.19. The van der Waals surface area contributed by atoms with Crippen molar-refractivity contribution < 1.29 is 0 Å². The second kappa shape index (κ2) is 6.78. The van der Waals surface area contributed by atoms with Crippen LogP contribution in [0.15, 0.2) is 23.6 Å². The van der Waals surface area contributed by atoms with Gasteiger partial charge in [0, 0.05) is 50.0 Å². The number of azide groups is 1. The summed E-state index contributed by atoms with van der Waals surface area (Å²) in [6.07, 6.45) is 4.47. The molecule has 1 aliphatic rings. The maximum Gasteiger partial charge on any atom is 0.225 e. The number of anilines is 1. The standard InChI is InChI=1S/C11H17N7/c12-16-15-5-2-6-17-7-9-18(10-8-17)11-13-3-1-4-14-11/h1,3-4H,2,5-10H2. The third-order valence-electron chi connectivity index (χ3n) is 3.00. The topological polar surface area (TPSA) is 81.0 Å². The molecule has 0 radical (unpaired) electrons. The molecule has 7 nitrogen and oxygen atoms in total. The monoisotopic (exact) mass is 247 g/mol. The van der Waals surface area contributed by atoms with Gasteiger partial charge in [-0.25, -0.2) is 9.97 Å². The molecule has 1 fully saturated rings. The van der Waals surface area contributed by atoms with Crippen LogP contribution in [0.1, 0.15) is 6.42 Å². The molecule has 1 aromatic rings. The zero-order valence-corrected chi connectivity index (χ0v) is 10.3. The van der Waals surface area contributed by atoms with E-state index in [1.807, 2.05) is 6.07 Å². The Labute approximate surface area is 106 Å². The fourth-order valence-corrected chi connectivity index (χ4v) is 2.04. The van der Waals surface area contributed by atoms with E-state index in [1.165, 1.54) is 0 Å². The number of hydrogen-bond donors (Lipinski definition) is 0. The van der Waals surface area contributed by atoms with Gasteiger partial charge in [-0.1, -0.05) is 5.11 Å². The highest BCUT2D eigenvalue weighted by molar-refractivity contribution is 5.29. The van der Waals surface area contributed by atoms with Crippen LogP contribution in [0, 0.1) is 0 Å². The van der Waals surface area contributed by atoms with E-state index in [2.05, 4.69) is 29.8 Å². The molecule has 0 N–H and O–H groups in total. The maximum absolute atomic E-state index is 8.19. The molecule has 2 heterocycles. The summed E-state index contributed by atoms with van der Waals surface area (Å²) in [5.41, 5.74) is 8.19. The van der Waals surface area contributed by atoms with Crippen LogP contribution in [-0.4, -0.2) is 54.1 Å². The van der Waals surface area contributed by atoms with Gasteiger partial charge in [0.25, 0.3) is 0 Å². The third-order valence-corrected chi connectivity index (χ3v) is 3.00. The summed E-state index contributed by atoms with van der Waals surface area (Å²) in [4.78, 5) is 15.8. The van der Waals surface area contributed by atoms with Crippen molar-refractivity contribution >= 4 is 5.95 Å². The highest BCUT2D eigenvalue weighted by Crippen LogP contribution is 2.09. The lowest BCUT2D eigenvalue weighted by molar-refractivity contribution is 0.255. The lowest BCUT2D eigenvalue weighted by atomic mass is 10.3.